The van der Waals surface area contributed by atoms with Gasteiger partial charge in [-0.3, -0.25) is 4.79 Å². The monoisotopic (exact) mass is 441 g/mol. The van der Waals surface area contributed by atoms with Gasteiger partial charge in [0, 0.05) is 15.1 Å². The van der Waals surface area contributed by atoms with Gasteiger partial charge in [0.15, 0.2) is 0 Å². The second-order valence-corrected chi connectivity index (χ2v) is 7.87. The largest absolute Gasteiger partial charge is 0.497 e. The van der Waals surface area contributed by atoms with Crippen LogP contribution in [-0.4, -0.2) is 18.8 Å². The molecule has 0 atom stereocenters. The Morgan fingerprint density at radius 1 is 0.963 bits per heavy atom. The molecule has 0 bridgehead atoms. The minimum Gasteiger partial charge on any atom is -0.497 e. The molecule has 0 unspecified atom stereocenters. The molecule has 5 heteroatoms. The molecule has 0 saturated carbocycles. The quantitative estimate of drug-likeness (QED) is 0.435. The Morgan fingerprint density at radius 2 is 1.63 bits per heavy atom. The number of methoxy groups -OCH3 is 1. The maximum absolute atomic E-state index is 13.0. The lowest BCUT2D eigenvalue weighted by Crippen LogP contribution is -2.31. The molecule has 27 heavy (non-hydrogen) atoms. The zero-order valence-corrected chi connectivity index (χ0v) is 17.4. The van der Waals surface area contributed by atoms with Gasteiger partial charge in [-0.05, 0) is 54.1 Å². The molecule has 1 amide bonds. The molecular weight excluding hydrogens is 422 g/mol. The zero-order chi connectivity index (χ0) is 19.1. The van der Waals surface area contributed by atoms with Crippen LogP contribution in [0.4, 0.5) is 5.69 Å². The summed E-state index contributed by atoms with van der Waals surface area (Å²) in [7, 11) is 1.64. The number of carbonyl (C=O) groups is 1. The Balaban J connectivity index is 1.76. The summed E-state index contributed by atoms with van der Waals surface area (Å²) < 4.78 is 6.26. The Bertz CT molecular complexity index is 867. The van der Waals surface area contributed by atoms with Gasteiger partial charge in [-0.25, -0.2) is 0 Å². The van der Waals surface area contributed by atoms with Crippen LogP contribution in [0.1, 0.15) is 5.56 Å². The number of nitrogens with zero attached hydrogens (tertiary/aromatic N) is 1. The Labute approximate surface area is 172 Å². The second kappa shape index (κ2) is 9.62. The number of hydrogen-bond acceptors (Lipinski definition) is 3. The van der Waals surface area contributed by atoms with Crippen LogP contribution in [0.2, 0.25) is 0 Å². The number of amides is 1. The van der Waals surface area contributed by atoms with E-state index < -0.39 is 0 Å². The molecule has 0 aliphatic rings. The van der Waals surface area contributed by atoms with Crippen LogP contribution >= 0.6 is 27.7 Å². The van der Waals surface area contributed by atoms with Crippen LogP contribution in [-0.2, 0) is 11.3 Å². The van der Waals surface area contributed by atoms with E-state index >= 15 is 0 Å². The summed E-state index contributed by atoms with van der Waals surface area (Å²) in [4.78, 5) is 15.9. The zero-order valence-electron chi connectivity index (χ0n) is 15.0. The fourth-order valence-electron chi connectivity index (χ4n) is 2.61. The van der Waals surface area contributed by atoms with E-state index in [-0.39, 0.29) is 5.91 Å². The van der Waals surface area contributed by atoms with Gasteiger partial charge in [-0.1, -0.05) is 46.3 Å². The first-order chi connectivity index (χ1) is 13.2. The summed E-state index contributed by atoms with van der Waals surface area (Å²) in [5.74, 6) is 1.22. The van der Waals surface area contributed by atoms with Gasteiger partial charge in [-0.15, -0.1) is 11.8 Å². The molecule has 0 radical (unpaired) electrons. The molecule has 3 aromatic rings. The van der Waals surface area contributed by atoms with E-state index in [0.717, 1.165) is 26.4 Å². The summed E-state index contributed by atoms with van der Waals surface area (Å²) >= 11 is 4.98. The standard InChI is InChI=1S/C22H20BrNO2S/c1-26-20-11-9-19(10-12-20)24(15-17-5-3-2-4-6-17)22(25)16-27-21-13-7-18(23)8-14-21/h2-14H,15-16H2,1H3. The van der Waals surface area contributed by atoms with Crippen molar-refractivity contribution in [3.05, 3.63) is 88.9 Å². The molecule has 0 N–H and O–H groups in total. The molecule has 3 aromatic carbocycles. The van der Waals surface area contributed by atoms with E-state index in [1.807, 2.05) is 83.8 Å². The molecule has 0 spiro atoms. The number of thioether (sulfide) groups is 1. The van der Waals surface area contributed by atoms with Crippen molar-refractivity contribution in [3.63, 3.8) is 0 Å². The first kappa shape index (κ1) is 19.5. The Kier molecular flexibility index (Phi) is 6.96. The minimum atomic E-state index is 0.0666. The van der Waals surface area contributed by atoms with Crippen LogP contribution in [0.25, 0.3) is 0 Å². The van der Waals surface area contributed by atoms with E-state index in [2.05, 4.69) is 15.9 Å². The lowest BCUT2D eigenvalue weighted by Gasteiger charge is -2.23. The predicted molar refractivity (Wildman–Crippen MR) is 115 cm³/mol. The van der Waals surface area contributed by atoms with Crippen molar-refractivity contribution < 1.29 is 9.53 Å². The summed E-state index contributed by atoms with van der Waals surface area (Å²) in [5, 5.41) is 0. The number of anilines is 1. The van der Waals surface area contributed by atoms with Crippen molar-refractivity contribution in [2.24, 2.45) is 0 Å². The van der Waals surface area contributed by atoms with E-state index in [1.54, 1.807) is 18.9 Å². The first-order valence-electron chi connectivity index (χ1n) is 8.52. The van der Waals surface area contributed by atoms with E-state index in [1.165, 1.54) is 0 Å². The topological polar surface area (TPSA) is 29.5 Å². The van der Waals surface area contributed by atoms with E-state index in [4.69, 9.17) is 4.74 Å². The highest BCUT2D eigenvalue weighted by Crippen LogP contribution is 2.25. The van der Waals surface area contributed by atoms with Crippen molar-refractivity contribution in [1.29, 1.82) is 0 Å². The smallest absolute Gasteiger partial charge is 0.237 e. The molecule has 0 heterocycles. The van der Waals surface area contributed by atoms with Crippen molar-refractivity contribution in [1.82, 2.24) is 0 Å². The summed E-state index contributed by atoms with van der Waals surface area (Å²) in [5.41, 5.74) is 1.95. The summed E-state index contributed by atoms with van der Waals surface area (Å²) in [6.07, 6.45) is 0. The number of carbonyl (C=O) groups excluding carboxylic acids is 1. The Morgan fingerprint density at radius 3 is 2.26 bits per heavy atom. The fraction of sp³-hybridized carbons (Fsp3) is 0.136. The van der Waals surface area contributed by atoms with Crippen molar-refractivity contribution in [2.45, 2.75) is 11.4 Å². The normalized spacial score (nSPS) is 10.4. The molecule has 3 rings (SSSR count). The maximum atomic E-state index is 13.0. The van der Waals surface area contributed by atoms with Gasteiger partial charge < -0.3 is 9.64 Å². The summed E-state index contributed by atoms with van der Waals surface area (Å²) in [6.45, 7) is 0.535. The summed E-state index contributed by atoms with van der Waals surface area (Å²) in [6, 6.07) is 25.6. The molecular formula is C22H20BrNO2S. The van der Waals surface area contributed by atoms with Gasteiger partial charge in [0.2, 0.25) is 5.91 Å². The number of ether oxygens (including phenoxy) is 1. The Hall–Kier alpha value is -2.24. The van der Waals surface area contributed by atoms with Crippen molar-refractivity contribution in [2.75, 3.05) is 17.8 Å². The lowest BCUT2D eigenvalue weighted by molar-refractivity contribution is -0.116. The third-order valence-corrected chi connectivity index (χ3v) is 5.57. The number of benzene rings is 3. The van der Waals surface area contributed by atoms with Gasteiger partial charge in [0.25, 0.3) is 0 Å². The molecule has 0 aliphatic carbocycles. The third-order valence-electron chi connectivity index (χ3n) is 4.04. The molecule has 3 nitrogen and oxygen atoms in total. The second-order valence-electron chi connectivity index (χ2n) is 5.91. The lowest BCUT2D eigenvalue weighted by atomic mass is 10.2. The fourth-order valence-corrected chi connectivity index (χ4v) is 3.64. The highest BCUT2D eigenvalue weighted by molar-refractivity contribution is 9.10. The van der Waals surface area contributed by atoms with Gasteiger partial charge >= 0.3 is 0 Å². The van der Waals surface area contributed by atoms with Gasteiger partial charge in [-0.2, -0.15) is 0 Å². The van der Waals surface area contributed by atoms with Gasteiger partial charge in [0.1, 0.15) is 5.75 Å². The van der Waals surface area contributed by atoms with Crippen LogP contribution in [0, 0.1) is 0 Å². The molecule has 0 fully saturated rings. The highest BCUT2D eigenvalue weighted by Gasteiger charge is 2.17. The molecule has 0 aliphatic heterocycles. The number of hydrogen-bond donors (Lipinski definition) is 0. The van der Waals surface area contributed by atoms with Crippen LogP contribution in [0.15, 0.2) is 88.2 Å². The van der Waals surface area contributed by atoms with E-state index in [9.17, 15) is 4.79 Å². The van der Waals surface area contributed by atoms with Crippen LogP contribution in [0.5, 0.6) is 5.75 Å². The van der Waals surface area contributed by atoms with Crippen LogP contribution in [0.3, 0.4) is 0 Å². The molecule has 0 saturated heterocycles. The SMILES string of the molecule is COc1ccc(N(Cc2ccccc2)C(=O)CSc2ccc(Br)cc2)cc1. The average molecular weight is 442 g/mol. The average Bonchev–Trinajstić information content (AvgIpc) is 2.72. The minimum absolute atomic E-state index is 0.0666. The van der Waals surface area contributed by atoms with Crippen molar-refractivity contribution in [3.8, 4) is 5.75 Å². The molecule has 138 valence electrons. The highest BCUT2D eigenvalue weighted by atomic mass is 79.9. The van der Waals surface area contributed by atoms with Crippen LogP contribution < -0.4 is 9.64 Å². The number of rotatable bonds is 7. The third kappa shape index (κ3) is 5.62. The van der Waals surface area contributed by atoms with E-state index in [0.29, 0.717) is 12.3 Å². The number of halogens is 1. The van der Waals surface area contributed by atoms with Gasteiger partial charge in [0.05, 0.1) is 19.4 Å². The maximum Gasteiger partial charge on any atom is 0.237 e. The predicted octanol–water partition coefficient (Wildman–Crippen LogP) is 5.78. The first-order valence-corrected chi connectivity index (χ1v) is 10.3. The van der Waals surface area contributed by atoms with Crippen molar-refractivity contribution >= 4 is 39.3 Å². The molecule has 0 aromatic heterocycles.